The number of rotatable bonds is 4. The van der Waals surface area contributed by atoms with Gasteiger partial charge in [-0.05, 0) is 35.4 Å². The second kappa shape index (κ2) is 6.98. The van der Waals surface area contributed by atoms with Crippen LogP contribution in [0, 0.1) is 0 Å². The van der Waals surface area contributed by atoms with Crippen molar-refractivity contribution in [1.29, 1.82) is 0 Å². The van der Waals surface area contributed by atoms with Crippen molar-refractivity contribution < 1.29 is 18.3 Å². The highest BCUT2D eigenvalue weighted by Gasteiger charge is 2.36. The number of ether oxygens (including phenoxy) is 1. The van der Waals surface area contributed by atoms with Crippen LogP contribution in [0.1, 0.15) is 22.7 Å². The maximum atomic E-state index is 13.1. The quantitative estimate of drug-likeness (QED) is 0.656. The lowest BCUT2D eigenvalue weighted by atomic mass is 9.91. The first-order valence-electron chi connectivity index (χ1n) is 8.81. The lowest BCUT2D eigenvalue weighted by molar-refractivity contribution is 0.397. The van der Waals surface area contributed by atoms with Crippen molar-refractivity contribution >= 4 is 38.8 Å². The molecule has 0 spiro atoms. The molecule has 1 aliphatic rings. The van der Waals surface area contributed by atoms with Gasteiger partial charge in [0, 0.05) is 37.4 Å². The summed E-state index contributed by atoms with van der Waals surface area (Å²) in [6.45, 7) is 0. The van der Waals surface area contributed by atoms with Crippen LogP contribution in [0.25, 0.3) is 17.0 Å². The Labute approximate surface area is 174 Å². The average Bonchev–Trinajstić information content (AvgIpc) is 3.11. The van der Waals surface area contributed by atoms with Gasteiger partial charge < -0.3 is 14.8 Å². The Kier molecular flexibility index (Phi) is 4.72. The minimum Gasteiger partial charge on any atom is -0.506 e. The molecule has 1 aliphatic heterocycles. The van der Waals surface area contributed by atoms with Crippen molar-refractivity contribution in [3.8, 4) is 11.5 Å². The van der Waals surface area contributed by atoms with E-state index in [0.29, 0.717) is 21.9 Å². The van der Waals surface area contributed by atoms with E-state index in [1.165, 1.54) is 31.7 Å². The SMILES string of the molecule is COc1cc2c(cc1Cl)C=CN(S(=O)(=O)N(C)C)C2c1c[nH]c2c(O)cccc12. The first-order valence-corrected chi connectivity index (χ1v) is 10.6. The summed E-state index contributed by atoms with van der Waals surface area (Å²) in [5.41, 5.74) is 2.77. The number of halogens is 1. The van der Waals surface area contributed by atoms with E-state index in [9.17, 15) is 13.5 Å². The Morgan fingerprint density at radius 2 is 2.00 bits per heavy atom. The smallest absolute Gasteiger partial charge is 0.303 e. The molecule has 0 radical (unpaired) electrons. The zero-order valence-corrected chi connectivity index (χ0v) is 17.6. The molecule has 2 N–H and O–H groups in total. The van der Waals surface area contributed by atoms with E-state index < -0.39 is 16.3 Å². The molecular formula is C20H20ClN3O4S. The number of phenolic OH excluding ortho intramolecular Hbond substituents is 1. The monoisotopic (exact) mass is 433 g/mol. The number of aromatic hydroxyl groups is 1. The molecule has 2 aromatic carbocycles. The van der Waals surface area contributed by atoms with Crippen LogP contribution < -0.4 is 4.74 Å². The molecule has 3 aromatic rings. The molecule has 9 heteroatoms. The lowest BCUT2D eigenvalue weighted by Crippen LogP contribution is -2.40. The second-order valence-corrected chi connectivity index (χ2v) is 9.35. The van der Waals surface area contributed by atoms with E-state index in [2.05, 4.69) is 4.98 Å². The van der Waals surface area contributed by atoms with Gasteiger partial charge in [0.1, 0.15) is 11.5 Å². The largest absolute Gasteiger partial charge is 0.506 e. The lowest BCUT2D eigenvalue weighted by Gasteiger charge is -2.35. The fourth-order valence-electron chi connectivity index (χ4n) is 3.59. The molecule has 2 heterocycles. The van der Waals surface area contributed by atoms with Crippen molar-refractivity contribution in [2.24, 2.45) is 0 Å². The second-order valence-electron chi connectivity index (χ2n) is 6.90. The summed E-state index contributed by atoms with van der Waals surface area (Å²) in [5, 5.41) is 11.4. The van der Waals surface area contributed by atoms with Crippen molar-refractivity contribution in [2.45, 2.75) is 6.04 Å². The van der Waals surface area contributed by atoms with Gasteiger partial charge in [-0.1, -0.05) is 23.7 Å². The molecule has 0 amide bonds. The first-order chi connectivity index (χ1) is 13.8. The third-order valence-corrected chi connectivity index (χ3v) is 7.14. The van der Waals surface area contributed by atoms with Crippen LogP contribution in [0.15, 0.2) is 42.7 Å². The maximum Gasteiger partial charge on any atom is 0.303 e. The van der Waals surface area contributed by atoms with E-state index in [1.807, 2.05) is 6.07 Å². The summed E-state index contributed by atoms with van der Waals surface area (Å²) >= 11 is 6.29. The predicted molar refractivity (Wildman–Crippen MR) is 113 cm³/mol. The Morgan fingerprint density at radius 3 is 2.69 bits per heavy atom. The minimum atomic E-state index is -3.80. The third-order valence-electron chi connectivity index (χ3n) is 5.06. The number of hydrogen-bond acceptors (Lipinski definition) is 4. The number of benzene rings is 2. The van der Waals surface area contributed by atoms with E-state index in [0.717, 1.165) is 20.8 Å². The predicted octanol–water partition coefficient (Wildman–Crippen LogP) is 3.72. The van der Waals surface area contributed by atoms with Crippen molar-refractivity contribution in [2.75, 3.05) is 21.2 Å². The summed E-state index contributed by atoms with van der Waals surface area (Å²) < 4.78 is 34.0. The van der Waals surface area contributed by atoms with Gasteiger partial charge in [0.2, 0.25) is 0 Å². The zero-order chi connectivity index (χ0) is 20.9. The minimum absolute atomic E-state index is 0.0935. The Balaban J connectivity index is 2.02. The number of H-pyrrole nitrogens is 1. The van der Waals surface area contributed by atoms with Crippen LogP contribution in [-0.2, 0) is 10.2 Å². The number of nitrogens with one attached hydrogen (secondary N) is 1. The van der Waals surface area contributed by atoms with Crippen LogP contribution in [0.4, 0.5) is 0 Å². The van der Waals surface area contributed by atoms with Gasteiger partial charge in [0.25, 0.3) is 0 Å². The molecule has 152 valence electrons. The molecule has 0 saturated carbocycles. The standard InChI is InChI=1S/C20H20ClN3O4S/c1-23(2)29(26,27)24-8-7-12-9-16(21)18(28-3)10-14(12)20(24)15-11-22-19-13(15)5-4-6-17(19)25/h4-11,20,22,25H,1-3H3. The molecule has 29 heavy (non-hydrogen) atoms. The van der Waals surface area contributed by atoms with Gasteiger partial charge in [0.15, 0.2) is 0 Å². The summed E-state index contributed by atoms with van der Waals surface area (Å²) in [6.07, 6.45) is 4.97. The highest BCUT2D eigenvalue weighted by molar-refractivity contribution is 7.86. The highest BCUT2D eigenvalue weighted by atomic mass is 35.5. The summed E-state index contributed by atoms with van der Waals surface area (Å²) in [7, 11) is 0.687. The van der Waals surface area contributed by atoms with E-state index in [4.69, 9.17) is 16.3 Å². The number of fused-ring (bicyclic) bond motifs is 2. The average molecular weight is 434 g/mol. The van der Waals surface area contributed by atoms with Crippen molar-refractivity contribution in [3.05, 3.63) is 64.4 Å². The molecule has 1 unspecified atom stereocenters. The zero-order valence-electron chi connectivity index (χ0n) is 16.0. The number of nitrogens with zero attached hydrogens (tertiary/aromatic N) is 2. The molecule has 0 bridgehead atoms. The van der Waals surface area contributed by atoms with Gasteiger partial charge in [-0.2, -0.15) is 12.7 Å². The normalized spacial score (nSPS) is 16.4. The van der Waals surface area contributed by atoms with Gasteiger partial charge in [0.05, 0.1) is 23.7 Å². The number of phenols is 1. The topological polar surface area (TPSA) is 85.9 Å². The third kappa shape index (κ3) is 3.04. The fraction of sp³-hybridized carbons (Fsp3) is 0.200. The van der Waals surface area contributed by atoms with Gasteiger partial charge in [-0.15, -0.1) is 0 Å². The van der Waals surface area contributed by atoms with E-state index in [1.54, 1.807) is 36.5 Å². The van der Waals surface area contributed by atoms with Gasteiger partial charge in [-0.25, -0.2) is 0 Å². The van der Waals surface area contributed by atoms with Crippen LogP contribution in [0.5, 0.6) is 11.5 Å². The van der Waals surface area contributed by atoms with Crippen LogP contribution in [-0.4, -0.2) is 48.3 Å². The summed E-state index contributed by atoms with van der Waals surface area (Å²) in [6, 6.07) is 7.98. The van der Waals surface area contributed by atoms with Crippen molar-refractivity contribution in [1.82, 2.24) is 13.6 Å². The molecule has 4 rings (SSSR count). The van der Waals surface area contributed by atoms with Gasteiger partial charge >= 0.3 is 10.2 Å². The number of methoxy groups -OCH3 is 1. The number of aromatic amines is 1. The molecule has 1 atom stereocenters. The molecule has 0 aliphatic carbocycles. The van der Waals surface area contributed by atoms with E-state index >= 15 is 0 Å². The molecular weight excluding hydrogens is 414 g/mol. The van der Waals surface area contributed by atoms with E-state index in [-0.39, 0.29) is 5.75 Å². The maximum absolute atomic E-state index is 13.1. The number of para-hydroxylation sites is 1. The van der Waals surface area contributed by atoms with Crippen molar-refractivity contribution in [3.63, 3.8) is 0 Å². The fourth-order valence-corrected chi connectivity index (χ4v) is 4.92. The molecule has 7 nitrogen and oxygen atoms in total. The van der Waals surface area contributed by atoms with Crippen LogP contribution >= 0.6 is 11.6 Å². The highest BCUT2D eigenvalue weighted by Crippen LogP contribution is 2.44. The summed E-state index contributed by atoms with van der Waals surface area (Å²) in [5.74, 6) is 0.548. The van der Waals surface area contributed by atoms with Crippen LogP contribution in [0.3, 0.4) is 0 Å². The van der Waals surface area contributed by atoms with Gasteiger partial charge in [-0.3, -0.25) is 4.31 Å². The Bertz CT molecular complexity index is 1230. The summed E-state index contributed by atoms with van der Waals surface area (Å²) in [4.78, 5) is 3.06. The Hall–Kier alpha value is -2.68. The Morgan fingerprint density at radius 1 is 1.24 bits per heavy atom. The molecule has 0 fully saturated rings. The number of hydrogen-bond donors (Lipinski definition) is 2. The number of aromatic nitrogens is 1. The molecule has 0 saturated heterocycles. The first kappa shape index (κ1) is 19.6. The molecule has 1 aromatic heterocycles. The van der Waals surface area contributed by atoms with Crippen LogP contribution in [0.2, 0.25) is 5.02 Å².